The molecule has 12 heteroatoms. The number of hydrogen-bond acceptors (Lipinski definition) is 7. The molecule has 194 valence electrons. The molecule has 1 fully saturated rings. The van der Waals surface area contributed by atoms with Crippen LogP contribution in [0.3, 0.4) is 0 Å². The summed E-state index contributed by atoms with van der Waals surface area (Å²) in [4.78, 5) is 37.6. The molecule has 1 saturated heterocycles. The highest BCUT2D eigenvalue weighted by Crippen LogP contribution is 2.31. The van der Waals surface area contributed by atoms with E-state index in [4.69, 9.17) is 0 Å². The third kappa shape index (κ3) is 7.48. The molecular formula is C25H25F3N6O3. The number of nitrogens with one attached hydrogen (secondary N) is 2. The van der Waals surface area contributed by atoms with Gasteiger partial charge in [-0.1, -0.05) is 30.3 Å². The highest BCUT2D eigenvalue weighted by atomic mass is 19.4. The van der Waals surface area contributed by atoms with Crippen molar-refractivity contribution in [2.24, 2.45) is 0 Å². The lowest BCUT2D eigenvalue weighted by Gasteiger charge is -2.31. The molecule has 2 N–H and O–H groups in total. The first kappa shape index (κ1) is 26.0. The number of amides is 2. The third-order valence-corrected chi connectivity index (χ3v) is 5.69. The lowest BCUT2D eigenvalue weighted by Crippen LogP contribution is -2.47. The predicted molar refractivity (Wildman–Crippen MR) is 131 cm³/mol. The SMILES string of the molecule is CN1CCN(CC(=O)Nc2cc(C(=O)Nc3ncc(-c4ccccc4)cn3)ccc2OC(F)(F)F)CC1. The van der Waals surface area contributed by atoms with E-state index in [2.05, 4.69) is 30.2 Å². The van der Waals surface area contributed by atoms with Crippen LogP contribution < -0.4 is 15.4 Å². The van der Waals surface area contributed by atoms with E-state index in [1.54, 1.807) is 12.4 Å². The van der Waals surface area contributed by atoms with Crippen molar-refractivity contribution < 1.29 is 27.5 Å². The van der Waals surface area contributed by atoms with Gasteiger partial charge < -0.3 is 15.0 Å². The Kier molecular flexibility index (Phi) is 7.99. The molecule has 9 nitrogen and oxygen atoms in total. The molecule has 0 saturated carbocycles. The summed E-state index contributed by atoms with van der Waals surface area (Å²) in [5.74, 6) is -1.80. The molecule has 1 aliphatic rings. The molecule has 37 heavy (non-hydrogen) atoms. The number of carbonyl (C=O) groups excluding carboxylic acids is 2. The van der Waals surface area contributed by atoms with Gasteiger partial charge >= 0.3 is 6.36 Å². The van der Waals surface area contributed by atoms with E-state index in [0.717, 1.165) is 42.4 Å². The van der Waals surface area contributed by atoms with Crippen molar-refractivity contribution in [2.45, 2.75) is 6.36 Å². The number of aromatic nitrogens is 2. The van der Waals surface area contributed by atoms with Crippen LogP contribution in [0.5, 0.6) is 5.75 Å². The number of nitrogens with zero attached hydrogens (tertiary/aromatic N) is 4. The van der Waals surface area contributed by atoms with Crippen molar-refractivity contribution >= 4 is 23.5 Å². The molecule has 2 amide bonds. The molecule has 2 aromatic carbocycles. The van der Waals surface area contributed by atoms with E-state index in [1.165, 1.54) is 0 Å². The van der Waals surface area contributed by atoms with Crippen molar-refractivity contribution in [1.82, 2.24) is 19.8 Å². The smallest absolute Gasteiger partial charge is 0.404 e. The van der Waals surface area contributed by atoms with Gasteiger partial charge in [-0.25, -0.2) is 9.97 Å². The van der Waals surface area contributed by atoms with E-state index >= 15 is 0 Å². The second kappa shape index (κ2) is 11.4. The summed E-state index contributed by atoms with van der Waals surface area (Å²) in [6.07, 6.45) is -1.89. The Morgan fingerprint density at radius 3 is 2.27 bits per heavy atom. The summed E-state index contributed by atoms with van der Waals surface area (Å²) >= 11 is 0. The number of anilines is 2. The minimum absolute atomic E-state index is 0.00265. The predicted octanol–water partition coefficient (Wildman–Crippen LogP) is 3.48. The lowest BCUT2D eigenvalue weighted by molar-refractivity contribution is -0.274. The summed E-state index contributed by atoms with van der Waals surface area (Å²) < 4.78 is 42.8. The number of hydrogen-bond donors (Lipinski definition) is 2. The van der Waals surface area contributed by atoms with Crippen molar-refractivity contribution in [3.05, 3.63) is 66.5 Å². The van der Waals surface area contributed by atoms with E-state index in [1.807, 2.05) is 42.3 Å². The molecule has 4 rings (SSSR count). The van der Waals surface area contributed by atoms with Gasteiger partial charge in [0.05, 0.1) is 12.2 Å². The fourth-order valence-electron chi connectivity index (χ4n) is 3.73. The average molecular weight is 515 g/mol. The maximum absolute atomic E-state index is 12.9. The van der Waals surface area contributed by atoms with Crippen LogP contribution in [0, 0.1) is 0 Å². The van der Waals surface area contributed by atoms with E-state index < -0.39 is 23.9 Å². The van der Waals surface area contributed by atoms with Crippen LogP contribution in [0.15, 0.2) is 60.9 Å². The fraction of sp³-hybridized carbons (Fsp3) is 0.280. The fourth-order valence-corrected chi connectivity index (χ4v) is 3.73. The quantitative estimate of drug-likeness (QED) is 0.498. The van der Waals surface area contributed by atoms with Crippen molar-refractivity contribution in [1.29, 1.82) is 0 Å². The van der Waals surface area contributed by atoms with Crippen molar-refractivity contribution in [3.8, 4) is 16.9 Å². The Balaban J connectivity index is 1.47. The highest BCUT2D eigenvalue weighted by Gasteiger charge is 2.32. The first-order chi connectivity index (χ1) is 17.7. The topological polar surface area (TPSA) is 99.7 Å². The molecule has 2 heterocycles. The Hall–Kier alpha value is -4.03. The summed E-state index contributed by atoms with van der Waals surface area (Å²) in [7, 11) is 1.97. The number of halogens is 3. The first-order valence-corrected chi connectivity index (χ1v) is 11.5. The van der Waals surface area contributed by atoms with Gasteiger partial charge in [-0.3, -0.25) is 19.8 Å². The molecule has 1 aromatic heterocycles. The zero-order valence-electron chi connectivity index (χ0n) is 20.0. The summed E-state index contributed by atoms with van der Waals surface area (Å²) in [5, 5.41) is 4.95. The number of piperazine rings is 1. The second-order valence-electron chi connectivity index (χ2n) is 8.50. The summed E-state index contributed by atoms with van der Waals surface area (Å²) in [5.41, 5.74) is 1.36. The van der Waals surface area contributed by atoms with Crippen LogP contribution in [-0.2, 0) is 4.79 Å². The molecule has 0 spiro atoms. The maximum atomic E-state index is 12.9. The van der Waals surface area contributed by atoms with Crippen LogP contribution in [0.1, 0.15) is 10.4 Å². The Morgan fingerprint density at radius 1 is 0.946 bits per heavy atom. The number of carbonyl (C=O) groups is 2. The van der Waals surface area contributed by atoms with E-state index in [0.29, 0.717) is 13.1 Å². The van der Waals surface area contributed by atoms with Crippen LogP contribution in [-0.4, -0.2) is 77.7 Å². The normalized spacial score (nSPS) is 14.7. The van der Waals surface area contributed by atoms with Gasteiger partial charge in [0, 0.05) is 49.7 Å². The second-order valence-corrected chi connectivity index (χ2v) is 8.50. The van der Waals surface area contributed by atoms with Gasteiger partial charge in [-0.2, -0.15) is 0 Å². The van der Waals surface area contributed by atoms with Crippen molar-refractivity contribution in [3.63, 3.8) is 0 Å². The monoisotopic (exact) mass is 514 g/mol. The molecule has 0 aliphatic carbocycles. The lowest BCUT2D eigenvalue weighted by atomic mass is 10.1. The first-order valence-electron chi connectivity index (χ1n) is 11.5. The molecule has 0 atom stereocenters. The largest absolute Gasteiger partial charge is 0.573 e. The van der Waals surface area contributed by atoms with Crippen LogP contribution in [0.25, 0.3) is 11.1 Å². The minimum atomic E-state index is -4.98. The standard InChI is InChI=1S/C25H25F3N6O3/c1-33-9-11-34(12-10-33)16-22(35)31-20-13-18(7-8-21(20)37-25(26,27)28)23(36)32-24-29-14-19(15-30-24)17-5-3-2-4-6-17/h2-8,13-15H,9-12,16H2,1H3,(H,31,35)(H,29,30,32,36). The molecule has 1 aliphatic heterocycles. The van der Waals surface area contributed by atoms with Gasteiger partial charge in [0.15, 0.2) is 5.75 Å². The van der Waals surface area contributed by atoms with Crippen LogP contribution in [0.2, 0.25) is 0 Å². The molecule has 0 bridgehead atoms. The number of rotatable bonds is 7. The number of likely N-dealkylation sites (N-methyl/N-ethyl adjacent to an activating group) is 1. The zero-order valence-corrected chi connectivity index (χ0v) is 20.0. The highest BCUT2D eigenvalue weighted by molar-refractivity contribution is 6.05. The Bertz CT molecular complexity index is 1230. The maximum Gasteiger partial charge on any atom is 0.573 e. The zero-order chi connectivity index (χ0) is 26.4. The summed E-state index contributed by atoms with van der Waals surface area (Å²) in [6, 6.07) is 12.7. The Morgan fingerprint density at radius 2 is 1.62 bits per heavy atom. The number of benzene rings is 2. The van der Waals surface area contributed by atoms with Crippen LogP contribution >= 0.6 is 0 Å². The average Bonchev–Trinajstić information content (AvgIpc) is 2.86. The number of alkyl halides is 3. The minimum Gasteiger partial charge on any atom is -0.404 e. The molecule has 0 radical (unpaired) electrons. The van der Waals surface area contributed by atoms with Gasteiger partial charge in [0.25, 0.3) is 5.91 Å². The molecule has 3 aromatic rings. The van der Waals surface area contributed by atoms with Crippen LogP contribution in [0.4, 0.5) is 24.8 Å². The Labute approximate surface area is 211 Å². The van der Waals surface area contributed by atoms with Gasteiger partial charge in [0.2, 0.25) is 11.9 Å². The molecular weight excluding hydrogens is 489 g/mol. The van der Waals surface area contributed by atoms with Gasteiger partial charge in [-0.05, 0) is 30.8 Å². The van der Waals surface area contributed by atoms with E-state index in [-0.39, 0.29) is 23.7 Å². The van der Waals surface area contributed by atoms with Crippen molar-refractivity contribution in [2.75, 3.05) is 50.4 Å². The summed E-state index contributed by atoms with van der Waals surface area (Å²) in [6.45, 7) is 2.86. The molecule has 0 unspecified atom stereocenters. The van der Waals surface area contributed by atoms with Gasteiger partial charge in [0.1, 0.15) is 0 Å². The van der Waals surface area contributed by atoms with Gasteiger partial charge in [-0.15, -0.1) is 13.2 Å². The van der Waals surface area contributed by atoms with E-state index in [9.17, 15) is 22.8 Å². The number of ether oxygens (including phenoxy) is 1. The third-order valence-electron chi connectivity index (χ3n) is 5.69.